The van der Waals surface area contributed by atoms with E-state index < -0.39 is 0 Å². The number of fused-ring (bicyclic) bond motifs is 1. The molecule has 0 aliphatic carbocycles. The van der Waals surface area contributed by atoms with E-state index in [9.17, 15) is 4.79 Å². The second kappa shape index (κ2) is 10.5. The van der Waals surface area contributed by atoms with Gasteiger partial charge in [0.15, 0.2) is 5.96 Å². The molecule has 0 radical (unpaired) electrons. The number of unbranched alkanes of at least 4 members (excludes halogenated alkanes) is 1. The molecule has 0 spiro atoms. The minimum absolute atomic E-state index is 0.0704. The van der Waals surface area contributed by atoms with E-state index in [2.05, 4.69) is 63.2 Å². The fraction of sp³-hybridized carbons (Fsp3) is 0.391. The zero-order valence-electron chi connectivity index (χ0n) is 17.3. The van der Waals surface area contributed by atoms with Gasteiger partial charge in [0.25, 0.3) is 0 Å². The summed E-state index contributed by atoms with van der Waals surface area (Å²) in [6.07, 6.45) is 2.66. The van der Waals surface area contributed by atoms with Crippen LogP contribution in [0.25, 0.3) is 0 Å². The highest BCUT2D eigenvalue weighted by molar-refractivity contribution is 5.94. The maximum Gasteiger partial charge on any atom is 0.225 e. The van der Waals surface area contributed by atoms with Crippen LogP contribution in [0.5, 0.6) is 0 Å². The van der Waals surface area contributed by atoms with Crippen LogP contribution in [0.2, 0.25) is 0 Å². The molecule has 0 fully saturated rings. The third kappa shape index (κ3) is 5.98. The molecule has 1 unspecified atom stereocenters. The number of carbonyl (C=O) groups excluding carboxylic acids is 1. The molecule has 3 N–H and O–H groups in total. The van der Waals surface area contributed by atoms with Crippen LogP contribution < -0.4 is 20.9 Å². The van der Waals surface area contributed by atoms with Crippen LogP contribution >= 0.6 is 0 Å². The number of hydrogen-bond acceptors (Lipinski definition) is 3. The highest BCUT2D eigenvalue weighted by Gasteiger charge is 2.24. The second-order valence-corrected chi connectivity index (χ2v) is 7.38. The van der Waals surface area contributed by atoms with E-state index in [1.165, 1.54) is 11.3 Å². The van der Waals surface area contributed by atoms with Crippen molar-refractivity contribution in [3.8, 4) is 0 Å². The molecule has 154 valence electrons. The van der Waals surface area contributed by atoms with Crippen molar-refractivity contribution in [3.05, 3.63) is 60.2 Å². The lowest BCUT2D eigenvalue weighted by Crippen LogP contribution is -2.41. The van der Waals surface area contributed by atoms with Gasteiger partial charge in [-0.05, 0) is 36.6 Å². The SMILES string of the molecule is CN=C(NCCCCN(C)c1ccccc1)NCC1CC(=O)Nc2ccccc21. The number of rotatable bonds is 8. The molecule has 1 atom stereocenters. The first-order valence-corrected chi connectivity index (χ1v) is 10.3. The van der Waals surface area contributed by atoms with E-state index in [-0.39, 0.29) is 11.8 Å². The minimum Gasteiger partial charge on any atom is -0.375 e. The number of hydrogen-bond donors (Lipinski definition) is 3. The van der Waals surface area contributed by atoms with Crippen LogP contribution in [0.1, 0.15) is 30.7 Å². The van der Waals surface area contributed by atoms with Crippen molar-refractivity contribution < 1.29 is 4.79 Å². The van der Waals surface area contributed by atoms with Gasteiger partial charge in [0.05, 0.1) is 0 Å². The van der Waals surface area contributed by atoms with Gasteiger partial charge in [-0.25, -0.2) is 0 Å². The molecule has 0 aromatic heterocycles. The Morgan fingerprint density at radius 1 is 1.10 bits per heavy atom. The highest BCUT2D eigenvalue weighted by atomic mass is 16.1. The Balaban J connectivity index is 1.38. The van der Waals surface area contributed by atoms with Crippen LogP contribution in [0, 0.1) is 0 Å². The number of anilines is 2. The Kier molecular flexibility index (Phi) is 7.50. The average Bonchev–Trinajstić information content (AvgIpc) is 2.75. The highest BCUT2D eigenvalue weighted by Crippen LogP contribution is 2.31. The number of nitrogens with zero attached hydrogens (tertiary/aromatic N) is 2. The summed E-state index contributed by atoms with van der Waals surface area (Å²) >= 11 is 0. The lowest BCUT2D eigenvalue weighted by atomic mass is 9.90. The number of guanidine groups is 1. The first-order chi connectivity index (χ1) is 14.2. The Hall–Kier alpha value is -3.02. The average molecular weight is 394 g/mol. The Morgan fingerprint density at radius 3 is 2.66 bits per heavy atom. The number of nitrogens with one attached hydrogen (secondary N) is 3. The molecular formula is C23H31N5O. The van der Waals surface area contributed by atoms with E-state index in [1.807, 2.05) is 24.3 Å². The molecule has 3 rings (SSSR count). The van der Waals surface area contributed by atoms with E-state index in [0.717, 1.165) is 37.6 Å². The van der Waals surface area contributed by atoms with E-state index >= 15 is 0 Å². The predicted octanol–water partition coefficient (Wildman–Crippen LogP) is 3.19. The Labute approximate surface area is 173 Å². The standard InChI is InChI=1S/C23H31N5O/c1-24-23(25-14-8-9-15-28(2)19-10-4-3-5-11-19)26-17-18-16-22(29)27-21-13-7-6-12-20(18)21/h3-7,10-13,18H,8-9,14-17H2,1-2H3,(H,27,29)(H2,24,25,26). The van der Waals surface area contributed by atoms with Gasteiger partial charge in [-0.1, -0.05) is 36.4 Å². The van der Waals surface area contributed by atoms with Gasteiger partial charge in [-0.2, -0.15) is 0 Å². The minimum atomic E-state index is 0.0704. The van der Waals surface area contributed by atoms with Gasteiger partial charge in [-0.3, -0.25) is 9.79 Å². The molecule has 6 heteroatoms. The van der Waals surface area contributed by atoms with Crippen molar-refractivity contribution in [2.24, 2.45) is 4.99 Å². The quantitative estimate of drug-likeness (QED) is 0.366. The van der Waals surface area contributed by atoms with Gasteiger partial charge in [0.2, 0.25) is 5.91 Å². The van der Waals surface area contributed by atoms with E-state index in [1.54, 1.807) is 7.05 Å². The molecule has 1 heterocycles. The number of para-hydroxylation sites is 2. The largest absolute Gasteiger partial charge is 0.375 e. The lowest BCUT2D eigenvalue weighted by Gasteiger charge is -2.26. The van der Waals surface area contributed by atoms with Crippen LogP contribution in [-0.4, -0.2) is 45.6 Å². The van der Waals surface area contributed by atoms with Crippen LogP contribution in [-0.2, 0) is 4.79 Å². The van der Waals surface area contributed by atoms with Crippen molar-refractivity contribution in [1.29, 1.82) is 0 Å². The topological polar surface area (TPSA) is 68.8 Å². The first-order valence-electron chi connectivity index (χ1n) is 10.3. The first kappa shape index (κ1) is 20.7. The molecule has 0 bridgehead atoms. The van der Waals surface area contributed by atoms with Gasteiger partial charge in [0.1, 0.15) is 0 Å². The number of amides is 1. The van der Waals surface area contributed by atoms with Crippen molar-refractivity contribution in [2.75, 3.05) is 43.9 Å². The Bertz CT molecular complexity index is 821. The number of benzene rings is 2. The van der Waals surface area contributed by atoms with Gasteiger partial charge in [0, 0.05) is 57.4 Å². The van der Waals surface area contributed by atoms with Crippen molar-refractivity contribution >= 4 is 23.2 Å². The summed E-state index contributed by atoms with van der Waals surface area (Å²) in [5, 5.41) is 9.70. The van der Waals surface area contributed by atoms with Crippen molar-refractivity contribution in [2.45, 2.75) is 25.2 Å². The molecule has 29 heavy (non-hydrogen) atoms. The molecule has 0 saturated heterocycles. The summed E-state index contributed by atoms with van der Waals surface area (Å²) < 4.78 is 0. The summed E-state index contributed by atoms with van der Waals surface area (Å²) in [6.45, 7) is 2.57. The number of carbonyl (C=O) groups is 1. The maximum absolute atomic E-state index is 12.0. The van der Waals surface area contributed by atoms with E-state index in [4.69, 9.17) is 0 Å². The monoisotopic (exact) mass is 393 g/mol. The zero-order chi connectivity index (χ0) is 20.5. The predicted molar refractivity (Wildman–Crippen MR) is 121 cm³/mol. The summed E-state index contributed by atoms with van der Waals surface area (Å²) in [5.74, 6) is 1.00. The van der Waals surface area contributed by atoms with Crippen LogP contribution in [0.4, 0.5) is 11.4 Å². The summed E-state index contributed by atoms with van der Waals surface area (Å²) in [6, 6.07) is 18.4. The van der Waals surface area contributed by atoms with Gasteiger partial charge < -0.3 is 20.9 Å². The summed E-state index contributed by atoms with van der Waals surface area (Å²) in [5.41, 5.74) is 3.34. The fourth-order valence-corrected chi connectivity index (χ4v) is 3.62. The smallest absolute Gasteiger partial charge is 0.225 e. The fourth-order valence-electron chi connectivity index (χ4n) is 3.62. The van der Waals surface area contributed by atoms with Crippen molar-refractivity contribution in [3.63, 3.8) is 0 Å². The third-order valence-corrected chi connectivity index (χ3v) is 5.26. The third-order valence-electron chi connectivity index (χ3n) is 5.26. The zero-order valence-corrected chi connectivity index (χ0v) is 17.3. The Morgan fingerprint density at radius 2 is 1.86 bits per heavy atom. The molecule has 1 aliphatic rings. The van der Waals surface area contributed by atoms with Gasteiger partial charge >= 0.3 is 0 Å². The molecule has 1 amide bonds. The van der Waals surface area contributed by atoms with Crippen molar-refractivity contribution in [1.82, 2.24) is 10.6 Å². The van der Waals surface area contributed by atoms with Gasteiger partial charge in [-0.15, -0.1) is 0 Å². The maximum atomic E-state index is 12.0. The summed E-state index contributed by atoms with van der Waals surface area (Å²) in [4.78, 5) is 18.6. The molecular weight excluding hydrogens is 362 g/mol. The second-order valence-electron chi connectivity index (χ2n) is 7.38. The molecule has 2 aromatic rings. The number of aliphatic imine (C=N–C) groups is 1. The van der Waals surface area contributed by atoms with Crippen LogP contribution in [0.3, 0.4) is 0 Å². The molecule has 1 aliphatic heterocycles. The normalized spacial score (nSPS) is 16.0. The molecule has 2 aromatic carbocycles. The molecule has 0 saturated carbocycles. The van der Waals surface area contributed by atoms with E-state index in [0.29, 0.717) is 13.0 Å². The summed E-state index contributed by atoms with van der Waals surface area (Å²) in [7, 11) is 3.90. The lowest BCUT2D eigenvalue weighted by molar-refractivity contribution is -0.116. The molecule has 6 nitrogen and oxygen atoms in total. The van der Waals surface area contributed by atoms with Crippen LogP contribution in [0.15, 0.2) is 59.6 Å².